The minimum atomic E-state index is 0.842. The summed E-state index contributed by atoms with van der Waals surface area (Å²) in [5.41, 5.74) is 7.68. The van der Waals surface area contributed by atoms with Crippen LogP contribution in [0.15, 0.2) is 54.7 Å². The molecule has 4 aromatic rings. The van der Waals surface area contributed by atoms with E-state index < -0.39 is 0 Å². The first kappa shape index (κ1) is 16.0. The highest BCUT2D eigenvalue weighted by Gasteiger charge is 2.22. The average Bonchev–Trinajstić information content (AvgIpc) is 3.01. The maximum absolute atomic E-state index is 4.93. The standard InChI is InChI=1S/C22H21N5/c1-15-16(2)25-27-21(26-12-10-19-18(14-26)9-6-11-23-19)13-20(24-22(15)27)17-7-4-3-5-8-17/h3-9,11,13H,10,12,14H2,1-2H3. The lowest BCUT2D eigenvalue weighted by atomic mass is 10.1. The third-order valence-electron chi connectivity index (χ3n) is 5.40. The summed E-state index contributed by atoms with van der Waals surface area (Å²) in [7, 11) is 0. The Hall–Kier alpha value is -3.21. The van der Waals surface area contributed by atoms with Crippen LogP contribution in [0.2, 0.25) is 0 Å². The van der Waals surface area contributed by atoms with Gasteiger partial charge in [-0.3, -0.25) is 4.98 Å². The van der Waals surface area contributed by atoms with Gasteiger partial charge in [0.25, 0.3) is 0 Å². The fourth-order valence-corrected chi connectivity index (χ4v) is 3.76. The monoisotopic (exact) mass is 355 g/mol. The second-order valence-corrected chi connectivity index (χ2v) is 7.09. The van der Waals surface area contributed by atoms with Crippen LogP contribution in [-0.4, -0.2) is 26.1 Å². The van der Waals surface area contributed by atoms with Gasteiger partial charge in [0.15, 0.2) is 5.65 Å². The van der Waals surface area contributed by atoms with Crippen molar-refractivity contribution in [3.8, 4) is 11.3 Å². The molecule has 5 rings (SSSR count). The van der Waals surface area contributed by atoms with Crippen molar-refractivity contribution in [3.63, 3.8) is 0 Å². The van der Waals surface area contributed by atoms with E-state index in [1.807, 2.05) is 29.8 Å². The molecule has 5 nitrogen and oxygen atoms in total. The molecular formula is C22H21N5. The Labute approximate surface area is 158 Å². The highest BCUT2D eigenvalue weighted by atomic mass is 15.4. The largest absolute Gasteiger partial charge is 0.352 e. The molecule has 1 aliphatic heterocycles. The van der Waals surface area contributed by atoms with Crippen molar-refractivity contribution in [2.24, 2.45) is 0 Å². The number of hydrogen-bond acceptors (Lipinski definition) is 4. The SMILES string of the molecule is Cc1nn2c(N3CCc4ncccc4C3)cc(-c3ccccc3)nc2c1C. The highest BCUT2D eigenvalue weighted by molar-refractivity contribution is 5.69. The summed E-state index contributed by atoms with van der Waals surface area (Å²) < 4.78 is 2.00. The molecule has 0 amide bonds. The van der Waals surface area contributed by atoms with Crippen molar-refractivity contribution in [2.75, 3.05) is 11.4 Å². The number of aryl methyl sites for hydroxylation is 2. The maximum Gasteiger partial charge on any atom is 0.161 e. The Balaban J connectivity index is 1.68. The molecule has 1 aromatic carbocycles. The van der Waals surface area contributed by atoms with E-state index in [1.165, 1.54) is 11.3 Å². The van der Waals surface area contributed by atoms with E-state index in [0.29, 0.717) is 0 Å². The van der Waals surface area contributed by atoms with Gasteiger partial charge in [0.05, 0.1) is 11.4 Å². The van der Waals surface area contributed by atoms with Crippen LogP contribution in [0.1, 0.15) is 22.5 Å². The molecule has 0 fully saturated rings. The molecule has 0 saturated heterocycles. The highest BCUT2D eigenvalue weighted by Crippen LogP contribution is 2.29. The van der Waals surface area contributed by atoms with E-state index in [0.717, 1.165) is 53.5 Å². The zero-order valence-corrected chi connectivity index (χ0v) is 15.6. The van der Waals surface area contributed by atoms with Gasteiger partial charge in [-0.15, -0.1) is 0 Å². The Kier molecular flexibility index (Phi) is 3.67. The van der Waals surface area contributed by atoms with Gasteiger partial charge in [-0.25, -0.2) is 4.98 Å². The molecule has 0 unspecified atom stereocenters. The average molecular weight is 355 g/mol. The lowest BCUT2D eigenvalue weighted by molar-refractivity contribution is 0.687. The lowest BCUT2D eigenvalue weighted by Gasteiger charge is -2.30. The van der Waals surface area contributed by atoms with Crippen molar-refractivity contribution < 1.29 is 0 Å². The van der Waals surface area contributed by atoms with Crippen molar-refractivity contribution in [1.82, 2.24) is 19.6 Å². The second kappa shape index (κ2) is 6.20. The molecule has 0 radical (unpaired) electrons. The van der Waals surface area contributed by atoms with Crippen LogP contribution in [0.3, 0.4) is 0 Å². The Bertz CT molecular complexity index is 1130. The van der Waals surface area contributed by atoms with Crippen molar-refractivity contribution in [3.05, 3.63) is 77.2 Å². The quantitative estimate of drug-likeness (QED) is 0.546. The van der Waals surface area contributed by atoms with E-state index in [2.05, 4.69) is 53.2 Å². The van der Waals surface area contributed by atoms with E-state index >= 15 is 0 Å². The number of pyridine rings is 1. The lowest BCUT2D eigenvalue weighted by Crippen LogP contribution is -2.32. The molecule has 5 heteroatoms. The van der Waals surface area contributed by atoms with Gasteiger partial charge < -0.3 is 4.90 Å². The van der Waals surface area contributed by atoms with E-state index in [-0.39, 0.29) is 0 Å². The van der Waals surface area contributed by atoms with Crippen LogP contribution >= 0.6 is 0 Å². The van der Waals surface area contributed by atoms with Crippen LogP contribution < -0.4 is 4.90 Å². The van der Waals surface area contributed by atoms with Gasteiger partial charge in [-0.05, 0) is 25.5 Å². The van der Waals surface area contributed by atoms with Gasteiger partial charge >= 0.3 is 0 Å². The predicted octanol–water partition coefficient (Wildman–Crippen LogP) is 3.97. The molecule has 134 valence electrons. The third kappa shape index (κ3) is 2.67. The summed E-state index contributed by atoms with van der Waals surface area (Å²) in [6.45, 7) is 5.91. The zero-order chi connectivity index (χ0) is 18.4. The van der Waals surface area contributed by atoms with Gasteiger partial charge in [-0.1, -0.05) is 36.4 Å². The third-order valence-corrected chi connectivity index (χ3v) is 5.40. The number of fused-ring (bicyclic) bond motifs is 2. The molecule has 0 atom stereocenters. The second-order valence-electron chi connectivity index (χ2n) is 7.09. The number of aromatic nitrogens is 4. The molecule has 1 aliphatic rings. The van der Waals surface area contributed by atoms with Gasteiger partial charge in [-0.2, -0.15) is 9.61 Å². The first-order valence-corrected chi connectivity index (χ1v) is 9.31. The minimum absolute atomic E-state index is 0.842. The molecule has 0 aliphatic carbocycles. The maximum atomic E-state index is 4.93. The summed E-state index contributed by atoms with van der Waals surface area (Å²) in [6.07, 6.45) is 2.83. The topological polar surface area (TPSA) is 46.3 Å². The smallest absolute Gasteiger partial charge is 0.161 e. The fourth-order valence-electron chi connectivity index (χ4n) is 3.76. The predicted molar refractivity (Wildman–Crippen MR) is 107 cm³/mol. The Morgan fingerprint density at radius 1 is 1.00 bits per heavy atom. The summed E-state index contributed by atoms with van der Waals surface area (Å²) in [5.74, 6) is 1.09. The van der Waals surface area contributed by atoms with Crippen LogP contribution in [0.5, 0.6) is 0 Å². The molecule has 0 N–H and O–H groups in total. The first-order chi connectivity index (χ1) is 13.2. The number of benzene rings is 1. The molecule has 0 bridgehead atoms. The number of nitrogens with zero attached hydrogens (tertiary/aromatic N) is 5. The molecule has 4 heterocycles. The van der Waals surface area contributed by atoms with Gasteiger partial charge in [0.1, 0.15) is 5.82 Å². The summed E-state index contributed by atoms with van der Waals surface area (Å²) >= 11 is 0. The van der Waals surface area contributed by atoms with Crippen molar-refractivity contribution >= 4 is 11.5 Å². The first-order valence-electron chi connectivity index (χ1n) is 9.31. The fraction of sp³-hybridized carbons (Fsp3) is 0.227. The zero-order valence-electron chi connectivity index (χ0n) is 15.6. The Morgan fingerprint density at radius 3 is 2.70 bits per heavy atom. The van der Waals surface area contributed by atoms with Crippen molar-refractivity contribution in [1.29, 1.82) is 0 Å². The molecular weight excluding hydrogens is 334 g/mol. The van der Waals surface area contributed by atoms with Crippen LogP contribution in [-0.2, 0) is 13.0 Å². The van der Waals surface area contributed by atoms with Crippen LogP contribution in [0.25, 0.3) is 16.9 Å². The number of anilines is 1. The van der Waals surface area contributed by atoms with Gasteiger partial charge in [0, 0.05) is 48.6 Å². The molecule has 27 heavy (non-hydrogen) atoms. The van der Waals surface area contributed by atoms with Crippen LogP contribution in [0.4, 0.5) is 5.82 Å². The Morgan fingerprint density at radius 2 is 1.85 bits per heavy atom. The summed E-state index contributed by atoms with van der Waals surface area (Å²) in [4.78, 5) is 11.8. The molecule has 0 spiro atoms. The molecule has 3 aromatic heterocycles. The number of hydrogen-bond donors (Lipinski definition) is 0. The van der Waals surface area contributed by atoms with E-state index in [1.54, 1.807) is 0 Å². The molecule has 0 saturated carbocycles. The van der Waals surface area contributed by atoms with E-state index in [4.69, 9.17) is 10.1 Å². The van der Waals surface area contributed by atoms with E-state index in [9.17, 15) is 0 Å². The van der Waals surface area contributed by atoms with Crippen molar-refractivity contribution in [2.45, 2.75) is 26.8 Å². The van der Waals surface area contributed by atoms with Crippen LogP contribution in [0, 0.1) is 13.8 Å². The normalized spacial score (nSPS) is 13.8. The summed E-state index contributed by atoms with van der Waals surface area (Å²) in [5, 5.41) is 4.78. The summed E-state index contributed by atoms with van der Waals surface area (Å²) in [6, 6.07) is 16.7. The van der Waals surface area contributed by atoms with Gasteiger partial charge in [0.2, 0.25) is 0 Å². The number of rotatable bonds is 2. The minimum Gasteiger partial charge on any atom is -0.352 e.